The van der Waals surface area contributed by atoms with Crippen molar-refractivity contribution in [3.63, 3.8) is 0 Å². The SMILES string of the molecule is O=C(O)CCC(NCN[C@@H](CCCCNC(=O)CCCCCCC(=O)NC(CCCCNC(=O)Cc1cccc(C(=O)O)c1-c1c2ccc3cc(O)ccc3c2oc2c1ccc1cc(=O)ccc12)C(=O)O)C(=O)O)C(=O)O. The van der Waals surface area contributed by atoms with E-state index in [4.69, 9.17) is 9.52 Å². The molecule has 0 radical (unpaired) electrons. The Labute approximate surface area is 441 Å². The molecular formula is C56H63N5O16. The van der Waals surface area contributed by atoms with Crippen LogP contribution >= 0.6 is 0 Å². The van der Waals surface area contributed by atoms with Crippen molar-refractivity contribution in [2.75, 3.05) is 19.8 Å². The van der Waals surface area contributed by atoms with Crippen LogP contribution in [0.3, 0.4) is 0 Å². The van der Waals surface area contributed by atoms with Crippen molar-refractivity contribution in [1.82, 2.24) is 26.6 Å². The molecular weight excluding hydrogens is 999 g/mol. The van der Waals surface area contributed by atoms with Crippen LogP contribution in [0.1, 0.15) is 106 Å². The molecule has 1 aromatic heterocycles. The van der Waals surface area contributed by atoms with Gasteiger partial charge in [0.25, 0.3) is 0 Å². The molecule has 0 saturated heterocycles. The van der Waals surface area contributed by atoms with Gasteiger partial charge in [0.1, 0.15) is 35.0 Å². The third-order valence-electron chi connectivity index (χ3n) is 13.2. The molecule has 0 aliphatic rings. The minimum Gasteiger partial charge on any atom is -0.508 e. The Morgan fingerprint density at radius 1 is 0.506 bits per heavy atom. The number of carbonyl (C=O) groups excluding carboxylic acids is 3. The number of benzene rings is 5. The second-order valence-electron chi connectivity index (χ2n) is 18.8. The van der Waals surface area contributed by atoms with E-state index >= 15 is 0 Å². The van der Waals surface area contributed by atoms with Gasteiger partial charge in [0.05, 0.1) is 12.0 Å². The molecule has 0 saturated carbocycles. The number of nitrogens with one attached hydrogen (secondary N) is 5. The standard InChI is InChI=1S/C56H63N5O16/c62-35-18-22-37-32(28-35)16-20-39-50(40-21-17-33-29-36(63)19-23-38(33)52(40)77-51(37)39)49-34(10-9-11-41(49)53(69)70)30-47(66)58-27-8-6-13-44(56(75)76)61-46(65)15-4-2-1-3-14-45(64)57-26-7-5-12-42(54(71)72)59-31-60-43(55(73)74)24-25-48(67)68/h9-11,16-23,28-29,42-44,59-60,62H,1-8,12-15,24-27,30-31H2,(H,57,64)(H,58,66)(H,61,65)(H,67,68)(H,69,70)(H,71,72)(H,73,74)(H,75,76)/t42-,43?,44?/m0/s1. The van der Waals surface area contributed by atoms with E-state index in [9.17, 15) is 68.7 Å². The Hall–Kier alpha value is -8.43. The van der Waals surface area contributed by atoms with E-state index in [1.54, 1.807) is 54.6 Å². The highest BCUT2D eigenvalue weighted by Gasteiger charge is 2.26. The summed E-state index contributed by atoms with van der Waals surface area (Å²) in [6, 6.07) is 17.9. The van der Waals surface area contributed by atoms with Crippen molar-refractivity contribution in [2.45, 2.75) is 114 Å². The molecule has 5 aromatic carbocycles. The minimum atomic E-state index is -1.25. The maximum absolute atomic E-state index is 13.6. The summed E-state index contributed by atoms with van der Waals surface area (Å²) in [5, 5.41) is 75.3. The lowest BCUT2D eigenvalue weighted by Crippen LogP contribution is -2.47. The van der Waals surface area contributed by atoms with Gasteiger partial charge < -0.3 is 51.0 Å². The molecule has 11 N–H and O–H groups in total. The van der Waals surface area contributed by atoms with Crippen LogP contribution in [0.15, 0.2) is 88.1 Å². The lowest BCUT2D eigenvalue weighted by molar-refractivity contribution is -0.142. The van der Waals surface area contributed by atoms with Gasteiger partial charge in [0.2, 0.25) is 17.7 Å². The number of amides is 3. The van der Waals surface area contributed by atoms with E-state index in [0.29, 0.717) is 118 Å². The van der Waals surface area contributed by atoms with Crippen molar-refractivity contribution < 1.29 is 73.4 Å². The maximum Gasteiger partial charge on any atom is 0.336 e. The fourth-order valence-corrected chi connectivity index (χ4v) is 9.29. The molecule has 1 heterocycles. The topological polar surface area (TPSA) is 348 Å². The van der Waals surface area contributed by atoms with Crippen molar-refractivity contribution >= 4 is 91.1 Å². The van der Waals surface area contributed by atoms with E-state index in [1.165, 1.54) is 24.3 Å². The van der Waals surface area contributed by atoms with Crippen LogP contribution in [-0.2, 0) is 40.0 Å². The first kappa shape index (κ1) is 57.8. The lowest BCUT2D eigenvalue weighted by Gasteiger charge is -2.19. The third-order valence-corrected chi connectivity index (χ3v) is 13.2. The number of hydrogen-bond donors (Lipinski definition) is 11. The molecule has 3 amide bonds. The average molecular weight is 1060 g/mol. The third kappa shape index (κ3) is 16.3. The van der Waals surface area contributed by atoms with Gasteiger partial charge in [-0.05, 0) is 129 Å². The molecule has 0 bridgehead atoms. The number of aromatic carboxylic acids is 1. The molecule has 6 aromatic rings. The first-order valence-corrected chi connectivity index (χ1v) is 25.5. The largest absolute Gasteiger partial charge is 0.508 e. The number of carboxylic acid groups (broad SMARTS) is 5. The van der Waals surface area contributed by atoms with E-state index in [1.807, 2.05) is 0 Å². The summed E-state index contributed by atoms with van der Waals surface area (Å²) >= 11 is 0. The van der Waals surface area contributed by atoms with Crippen LogP contribution in [0.4, 0.5) is 0 Å². The smallest absolute Gasteiger partial charge is 0.336 e. The van der Waals surface area contributed by atoms with E-state index < -0.39 is 59.8 Å². The summed E-state index contributed by atoms with van der Waals surface area (Å²) < 4.78 is 6.63. The maximum atomic E-state index is 13.6. The molecule has 0 aliphatic heterocycles. The molecule has 6 rings (SSSR count). The van der Waals surface area contributed by atoms with Crippen LogP contribution in [-0.4, -0.2) is 116 Å². The van der Waals surface area contributed by atoms with Crippen LogP contribution in [0.25, 0.3) is 54.6 Å². The molecule has 21 heteroatoms. The highest BCUT2D eigenvalue weighted by Crippen LogP contribution is 2.44. The Balaban J connectivity index is 0.929. The zero-order chi connectivity index (χ0) is 55.6. The van der Waals surface area contributed by atoms with Gasteiger partial charge in [-0.15, -0.1) is 0 Å². The molecule has 408 valence electrons. The van der Waals surface area contributed by atoms with Gasteiger partial charge in [-0.2, -0.15) is 0 Å². The Morgan fingerprint density at radius 2 is 1.05 bits per heavy atom. The van der Waals surface area contributed by atoms with Crippen LogP contribution in [0, 0.1) is 0 Å². The predicted molar refractivity (Wildman–Crippen MR) is 285 cm³/mol. The number of hydrogen-bond acceptors (Lipinski definition) is 13. The average Bonchev–Trinajstić information content (AvgIpc) is 3.42. The second kappa shape index (κ2) is 27.9. The van der Waals surface area contributed by atoms with Crippen molar-refractivity contribution in [1.29, 1.82) is 0 Å². The van der Waals surface area contributed by atoms with Crippen molar-refractivity contribution in [3.05, 3.63) is 100 Å². The number of rotatable bonds is 32. The zero-order valence-corrected chi connectivity index (χ0v) is 42.2. The Kier molecular flexibility index (Phi) is 21.0. The fourth-order valence-electron chi connectivity index (χ4n) is 9.29. The molecule has 3 atom stereocenters. The van der Waals surface area contributed by atoms with Gasteiger partial charge in [0.15, 0.2) is 5.43 Å². The molecule has 0 fully saturated rings. The Morgan fingerprint density at radius 3 is 1.65 bits per heavy atom. The normalized spacial score (nSPS) is 12.5. The number of phenols is 1. The summed E-state index contributed by atoms with van der Waals surface area (Å²) in [6.07, 6.45) is 3.95. The summed E-state index contributed by atoms with van der Waals surface area (Å²) in [4.78, 5) is 110. The van der Waals surface area contributed by atoms with Gasteiger partial charge in [0, 0.05) is 71.7 Å². The summed E-state index contributed by atoms with van der Waals surface area (Å²) in [5.41, 5.74) is 1.76. The van der Waals surface area contributed by atoms with Gasteiger partial charge in [-0.25, -0.2) is 9.59 Å². The number of carbonyl (C=O) groups is 8. The fraction of sp³-hybridized carbons (Fsp3) is 0.375. The van der Waals surface area contributed by atoms with Gasteiger partial charge in [-0.3, -0.25) is 44.2 Å². The van der Waals surface area contributed by atoms with Crippen molar-refractivity contribution in [3.8, 4) is 16.9 Å². The number of carboxylic acids is 5. The lowest BCUT2D eigenvalue weighted by atomic mass is 9.87. The van der Waals surface area contributed by atoms with Crippen LogP contribution in [0.2, 0.25) is 0 Å². The van der Waals surface area contributed by atoms with Gasteiger partial charge in [-0.1, -0.05) is 37.1 Å². The van der Waals surface area contributed by atoms with E-state index in [-0.39, 0.29) is 80.8 Å². The molecule has 21 nitrogen and oxygen atoms in total. The summed E-state index contributed by atoms with van der Waals surface area (Å²) in [7, 11) is 0. The first-order valence-electron chi connectivity index (χ1n) is 25.5. The predicted octanol–water partition coefficient (Wildman–Crippen LogP) is 6.26. The Bertz CT molecular complexity index is 3230. The first-order chi connectivity index (χ1) is 36.9. The number of aliphatic carboxylic acids is 4. The van der Waals surface area contributed by atoms with Crippen LogP contribution in [0.5, 0.6) is 5.75 Å². The van der Waals surface area contributed by atoms with E-state index in [2.05, 4.69) is 26.6 Å². The molecule has 2 unspecified atom stereocenters. The number of aromatic hydroxyl groups is 1. The number of unbranched alkanes of at least 4 members (excludes halogenated alkanes) is 5. The molecule has 77 heavy (non-hydrogen) atoms. The summed E-state index contributed by atoms with van der Waals surface area (Å²) in [5.74, 6) is -6.92. The van der Waals surface area contributed by atoms with E-state index in [0.717, 1.165) is 0 Å². The minimum absolute atomic E-state index is 0.0432. The number of fused-ring (bicyclic) bond motifs is 6. The zero-order valence-electron chi connectivity index (χ0n) is 42.2. The molecule has 0 spiro atoms. The summed E-state index contributed by atoms with van der Waals surface area (Å²) in [6.45, 7) is 0.349. The highest BCUT2D eigenvalue weighted by molar-refractivity contribution is 6.21. The monoisotopic (exact) mass is 1060 g/mol. The quantitative estimate of drug-likeness (QED) is 0.00961. The highest BCUT2D eigenvalue weighted by atomic mass is 16.4. The number of phenolic OH excluding ortho intramolecular Hbond substituents is 1. The molecule has 0 aliphatic carbocycles. The van der Waals surface area contributed by atoms with Crippen molar-refractivity contribution in [2.24, 2.45) is 0 Å². The van der Waals surface area contributed by atoms with Crippen LogP contribution < -0.4 is 32.0 Å². The van der Waals surface area contributed by atoms with Gasteiger partial charge >= 0.3 is 29.8 Å². The second-order valence-corrected chi connectivity index (χ2v) is 18.8.